The lowest BCUT2D eigenvalue weighted by molar-refractivity contribution is 0.768. The predicted octanol–water partition coefficient (Wildman–Crippen LogP) is 15.8. The van der Waals surface area contributed by atoms with Crippen molar-refractivity contribution < 1.29 is 0 Å². The van der Waals surface area contributed by atoms with Crippen LogP contribution < -0.4 is 4.90 Å². The Balaban J connectivity index is 1.05. The fraction of sp³-hybridized carbons (Fsp3) is 0.0164. The van der Waals surface area contributed by atoms with Crippen LogP contribution in [-0.2, 0) is 5.41 Å². The topological polar surface area (TPSA) is 12.6 Å². The summed E-state index contributed by atoms with van der Waals surface area (Å²) in [5, 5.41) is 7.64. The van der Waals surface area contributed by atoms with E-state index in [4.69, 9.17) is 0 Å². The zero-order valence-electron chi connectivity index (χ0n) is 34.9. The summed E-state index contributed by atoms with van der Waals surface area (Å²) < 4.78 is 5.00. The van der Waals surface area contributed by atoms with E-state index in [9.17, 15) is 0 Å². The summed E-state index contributed by atoms with van der Waals surface area (Å²) in [6.07, 6.45) is 0. The van der Waals surface area contributed by atoms with Gasteiger partial charge in [-0.1, -0.05) is 176 Å². The largest absolute Gasteiger partial charge is 0.310 e. The van der Waals surface area contributed by atoms with E-state index in [-0.39, 0.29) is 0 Å². The molecule has 10 aromatic carbocycles. The van der Waals surface area contributed by atoms with Crippen LogP contribution in [0.4, 0.5) is 17.1 Å². The first-order valence-corrected chi connectivity index (χ1v) is 22.2. The molecule has 3 heterocycles. The van der Waals surface area contributed by atoms with Crippen molar-refractivity contribution in [1.82, 2.24) is 8.97 Å². The molecule has 0 amide bonds. The van der Waals surface area contributed by atoms with Crippen LogP contribution in [0.3, 0.4) is 0 Å². The quantitative estimate of drug-likeness (QED) is 0.163. The fourth-order valence-electron chi connectivity index (χ4n) is 11.7. The molecule has 0 aliphatic heterocycles. The van der Waals surface area contributed by atoms with Gasteiger partial charge in [0.25, 0.3) is 0 Å². The lowest BCUT2D eigenvalue weighted by atomic mass is 9.67. The van der Waals surface area contributed by atoms with Gasteiger partial charge in [-0.25, -0.2) is 0 Å². The average molecular weight is 814 g/mol. The summed E-state index contributed by atoms with van der Waals surface area (Å²) in [6.45, 7) is 0. The number of nitrogens with zero attached hydrogens (tertiary/aromatic N) is 3. The summed E-state index contributed by atoms with van der Waals surface area (Å²) in [5.41, 5.74) is 17.5. The van der Waals surface area contributed by atoms with E-state index in [0.29, 0.717) is 0 Å². The minimum absolute atomic E-state index is 0.576. The summed E-state index contributed by atoms with van der Waals surface area (Å²) in [6, 6.07) is 87.6. The molecule has 0 fully saturated rings. The van der Waals surface area contributed by atoms with Crippen LogP contribution in [0.5, 0.6) is 0 Å². The van der Waals surface area contributed by atoms with Crippen LogP contribution in [0.15, 0.2) is 237 Å². The molecule has 0 N–H and O–H groups in total. The predicted molar refractivity (Wildman–Crippen MR) is 267 cm³/mol. The Labute approximate surface area is 370 Å². The van der Waals surface area contributed by atoms with Gasteiger partial charge in [0, 0.05) is 44.0 Å². The number of anilines is 3. The summed E-state index contributed by atoms with van der Waals surface area (Å²) in [4.78, 5) is 2.47. The van der Waals surface area contributed by atoms with Gasteiger partial charge >= 0.3 is 0 Å². The number of aromatic nitrogens is 2. The molecule has 0 saturated heterocycles. The van der Waals surface area contributed by atoms with Gasteiger partial charge in [0.1, 0.15) is 0 Å². The first kappa shape index (κ1) is 35.2. The standard InChI is InChI=1S/C61H39N3/c1-3-19-40(20-4-1)61(50-31-10-7-25-44(50)45-26-8-11-32-51(45)61)52-33-12-14-35-54(52)62(41-21-5-2-6-22-41)42-23-15-24-43(39-42)63-55-36-17-28-47-49-30-16-29-48-46-27-9-13-34-53(46)64(60(48)49)57-38-18-37-56(63)59(57)58(47)55/h1-39H. The molecule has 3 aromatic heterocycles. The highest BCUT2D eigenvalue weighted by molar-refractivity contribution is 6.31. The smallest absolute Gasteiger partial charge is 0.0733 e. The van der Waals surface area contributed by atoms with E-state index < -0.39 is 5.41 Å². The minimum Gasteiger partial charge on any atom is -0.310 e. The van der Waals surface area contributed by atoms with Crippen LogP contribution in [0.2, 0.25) is 0 Å². The highest BCUT2D eigenvalue weighted by Crippen LogP contribution is 2.58. The molecule has 0 spiro atoms. The van der Waals surface area contributed by atoms with E-state index in [1.807, 2.05) is 0 Å². The number of rotatable bonds is 6. The lowest BCUT2D eigenvalue weighted by Crippen LogP contribution is -2.30. The first-order chi connectivity index (χ1) is 31.8. The molecule has 14 rings (SSSR count). The van der Waals surface area contributed by atoms with Crippen LogP contribution in [-0.4, -0.2) is 8.97 Å². The van der Waals surface area contributed by atoms with Gasteiger partial charge in [0.2, 0.25) is 0 Å². The number of fused-ring (bicyclic) bond motifs is 8. The number of benzene rings is 10. The van der Waals surface area contributed by atoms with Crippen molar-refractivity contribution in [3.8, 4) is 16.8 Å². The van der Waals surface area contributed by atoms with Crippen molar-refractivity contribution in [3.05, 3.63) is 259 Å². The highest BCUT2D eigenvalue weighted by Gasteiger charge is 2.47. The van der Waals surface area contributed by atoms with Crippen molar-refractivity contribution in [2.24, 2.45) is 0 Å². The summed E-state index contributed by atoms with van der Waals surface area (Å²) in [5.74, 6) is 0. The number of para-hydroxylation sites is 4. The van der Waals surface area contributed by atoms with Gasteiger partial charge in [-0.2, -0.15) is 0 Å². The monoisotopic (exact) mass is 813 g/mol. The molecule has 13 aromatic rings. The van der Waals surface area contributed by atoms with E-state index in [1.165, 1.54) is 93.3 Å². The zero-order valence-corrected chi connectivity index (χ0v) is 34.9. The first-order valence-electron chi connectivity index (χ1n) is 22.2. The van der Waals surface area contributed by atoms with E-state index in [1.54, 1.807) is 0 Å². The summed E-state index contributed by atoms with van der Waals surface area (Å²) in [7, 11) is 0. The van der Waals surface area contributed by atoms with Crippen molar-refractivity contribution in [3.63, 3.8) is 0 Å². The Morgan fingerprint density at radius 3 is 1.64 bits per heavy atom. The van der Waals surface area contributed by atoms with E-state index in [2.05, 4.69) is 250 Å². The molecule has 0 bridgehead atoms. The zero-order chi connectivity index (χ0) is 41.9. The second kappa shape index (κ2) is 13.3. The van der Waals surface area contributed by atoms with Crippen molar-refractivity contribution in [1.29, 1.82) is 0 Å². The van der Waals surface area contributed by atoms with Crippen molar-refractivity contribution in [2.45, 2.75) is 5.41 Å². The Morgan fingerprint density at radius 1 is 0.344 bits per heavy atom. The average Bonchev–Trinajstić information content (AvgIpc) is 3.96. The van der Waals surface area contributed by atoms with Crippen LogP contribution in [0.1, 0.15) is 22.3 Å². The molecule has 64 heavy (non-hydrogen) atoms. The van der Waals surface area contributed by atoms with Crippen molar-refractivity contribution in [2.75, 3.05) is 4.90 Å². The van der Waals surface area contributed by atoms with Gasteiger partial charge in [-0.15, -0.1) is 0 Å². The van der Waals surface area contributed by atoms with Gasteiger partial charge in [-0.3, -0.25) is 0 Å². The normalized spacial score (nSPS) is 13.1. The van der Waals surface area contributed by atoms with E-state index >= 15 is 0 Å². The van der Waals surface area contributed by atoms with Gasteiger partial charge in [0.15, 0.2) is 0 Å². The summed E-state index contributed by atoms with van der Waals surface area (Å²) >= 11 is 0. The Morgan fingerprint density at radius 2 is 0.859 bits per heavy atom. The van der Waals surface area contributed by atoms with Gasteiger partial charge in [-0.05, 0) is 99.4 Å². The molecular weight excluding hydrogens is 775 g/mol. The van der Waals surface area contributed by atoms with Crippen LogP contribution in [0.25, 0.3) is 76.7 Å². The second-order valence-corrected chi connectivity index (χ2v) is 17.2. The second-order valence-electron chi connectivity index (χ2n) is 17.2. The van der Waals surface area contributed by atoms with Gasteiger partial charge in [0.05, 0.1) is 38.7 Å². The van der Waals surface area contributed by atoms with E-state index in [0.717, 1.165) is 22.7 Å². The maximum absolute atomic E-state index is 2.51. The lowest BCUT2D eigenvalue weighted by Gasteiger charge is -2.38. The number of hydrogen-bond acceptors (Lipinski definition) is 1. The molecule has 0 radical (unpaired) electrons. The van der Waals surface area contributed by atoms with Crippen LogP contribution in [0, 0.1) is 0 Å². The van der Waals surface area contributed by atoms with Gasteiger partial charge < -0.3 is 13.9 Å². The third kappa shape index (κ3) is 4.60. The number of hydrogen-bond donors (Lipinski definition) is 0. The molecule has 1 aliphatic rings. The third-order valence-corrected chi connectivity index (χ3v) is 14.1. The molecule has 3 heteroatoms. The molecule has 0 atom stereocenters. The molecule has 3 nitrogen and oxygen atoms in total. The maximum Gasteiger partial charge on any atom is 0.0733 e. The molecule has 1 aliphatic carbocycles. The maximum atomic E-state index is 2.51. The molecule has 0 unspecified atom stereocenters. The Kier molecular flexibility index (Phi) is 7.32. The Bertz CT molecular complexity index is 3920. The molecule has 0 saturated carbocycles. The third-order valence-electron chi connectivity index (χ3n) is 14.1. The minimum atomic E-state index is -0.576. The highest BCUT2D eigenvalue weighted by atomic mass is 15.1. The SMILES string of the molecule is c1ccc(N(c2cccc(-n3c4cccc5c6cccc7c8ccccc8n(c8cccc3c8c54)c67)c2)c2ccccc2C2(c3ccccc3)c3ccccc3-c3ccccc32)cc1. The fourth-order valence-corrected chi connectivity index (χ4v) is 11.7. The molecule has 298 valence electrons. The Hall–Kier alpha value is -8.40. The van der Waals surface area contributed by atoms with Crippen molar-refractivity contribution >= 4 is 77.0 Å². The molecular formula is C61H39N3. The van der Waals surface area contributed by atoms with Crippen LogP contribution >= 0.6 is 0 Å².